The van der Waals surface area contributed by atoms with E-state index in [0.717, 1.165) is 46.0 Å². The Balaban J connectivity index is 1.73. The number of nitriles is 1. The summed E-state index contributed by atoms with van der Waals surface area (Å²) in [5.74, 6) is -0.287. The Labute approximate surface area is 156 Å². The number of aromatic nitrogens is 3. The molecule has 2 aromatic carbocycles. The Bertz CT molecular complexity index is 1130. The van der Waals surface area contributed by atoms with Crippen LogP contribution in [0.2, 0.25) is 0 Å². The highest BCUT2D eigenvalue weighted by Crippen LogP contribution is 2.29. The van der Waals surface area contributed by atoms with Crippen molar-refractivity contribution in [3.05, 3.63) is 89.9 Å². The van der Waals surface area contributed by atoms with Crippen LogP contribution < -0.4 is 0 Å². The summed E-state index contributed by atoms with van der Waals surface area (Å²) in [4.78, 5) is 12.5. The van der Waals surface area contributed by atoms with Gasteiger partial charge in [-0.3, -0.25) is 0 Å². The molecule has 130 valence electrons. The minimum Gasteiger partial charge on any atom is -0.245 e. The first kappa shape index (κ1) is 16.8. The third-order valence-corrected chi connectivity index (χ3v) is 4.46. The van der Waals surface area contributed by atoms with Gasteiger partial charge in [0.25, 0.3) is 0 Å². The first-order valence-electron chi connectivity index (χ1n) is 8.56. The Kier molecular flexibility index (Phi) is 4.54. The third kappa shape index (κ3) is 3.65. The van der Waals surface area contributed by atoms with Crippen LogP contribution in [0.4, 0.5) is 4.39 Å². The van der Waals surface area contributed by atoms with Crippen LogP contribution in [0, 0.1) is 17.1 Å². The van der Waals surface area contributed by atoms with E-state index < -0.39 is 0 Å². The second-order valence-electron chi connectivity index (χ2n) is 6.27. The van der Waals surface area contributed by atoms with Crippen molar-refractivity contribution in [1.29, 1.82) is 5.26 Å². The first-order valence-corrected chi connectivity index (χ1v) is 8.56. The largest absolute Gasteiger partial charge is 0.245 e. The van der Waals surface area contributed by atoms with Crippen LogP contribution >= 0.6 is 0 Å². The van der Waals surface area contributed by atoms with Crippen LogP contribution in [0.15, 0.2) is 67.3 Å². The van der Waals surface area contributed by atoms with Gasteiger partial charge < -0.3 is 0 Å². The van der Waals surface area contributed by atoms with Gasteiger partial charge in [-0.05, 0) is 59.4 Å². The zero-order chi connectivity index (χ0) is 18.6. The van der Waals surface area contributed by atoms with Gasteiger partial charge in [0, 0.05) is 17.8 Å². The monoisotopic (exact) mass is 354 g/mol. The molecule has 0 aliphatic rings. The fraction of sp³-hybridized carbons (Fsp3) is 0.0909. The van der Waals surface area contributed by atoms with E-state index >= 15 is 0 Å². The maximum Gasteiger partial charge on any atom is 0.141 e. The number of fused-ring (bicyclic) bond motifs is 1. The van der Waals surface area contributed by atoms with Crippen molar-refractivity contribution in [2.45, 2.75) is 12.8 Å². The molecule has 0 aliphatic heterocycles. The van der Waals surface area contributed by atoms with Gasteiger partial charge in [-0.15, -0.1) is 0 Å². The minimum atomic E-state index is -0.287. The molecule has 2 aromatic heterocycles. The molecule has 0 bridgehead atoms. The average molecular weight is 354 g/mol. The second-order valence-corrected chi connectivity index (χ2v) is 6.27. The van der Waals surface area contributed by atoms with Crippen molar-refractivity contribution >= 4 is 10.9 Å². The van der Waals surface area contributed by atoms with Crippen molar-refractivity contribution in [2.24, 2.45) is 0 Å². The quantitative estimate of drug-likeness (QED) is 0.542. The predicted octanol–water partition coefficient (Wildman–Crippen LogP) is 4.49. The van der Waals surface area contributed by atoms with Crippen molar-refractivity contribution in [3.8, 4) is 17.2 Å². The van der Waals surface area contributed by atoms with Crippen molar-refractivity contribution in [1.82, 2.24) is 15.0 Å². The fourth-order valence-corrected chi connectivity index (χ4v) is 3.10. The number of aryl methyl sites for hydroxylation is 2. The van der Waals surface area contributed by atoms with E-state index in [4.69, 9.17) is 0 Å². The summed E-state index contributed by atoms with van der Waals surface area (Å²) in [6.07, 6.45) is 6.80. The molecule has 27 heavy (non-hydrogen) atoms. The topological polar surface area (TPSA) is 62.5 Å². The molecule has 0 atom stereocenters. The normalized spacial score (nSPS) is 10.7. The Hall–Kier alpha value is -3.65. The number of pyridine rings is 1. The van der Waals surface area contributed by atoms with Crippen LogP contribution in [0.1, 0.15) is 16.8 Å². The Morgan fingerprint density at radius 2 is 1.63 bits per heavy atom. The number of rotatable bonds is 4. The van der Waals surface area contributed by atoms with Crippen LogP contribution in [0.5, 0.6) is 0 Å². The molecule has 4 aromatic rings. The van der Waals surface area contributed by atoms with E-state index in [9.17, 15) is 9.65 Å². The summed E-state index contributed by atoms with van der Waals surface area (Å²) in [6.45, 7) is 0. The van der Waals surface area contributed by atoms with Gasteiger partial charge in [-0.2, -0.15) is 5.26 Å². The van der Waals surface area contributed by atoms with Crippen molar-refractivity contribution in [3.63, 3.8) is 0 Å². The van der Waals surface area contributed by atoms with Gasteiger partial charge in [-0.1, -0.05) is 24.3 Å². The molecule has 4 nitrogen and oxygen atoms in total. The van der Waals surface area contributed by atoms with Gasteiger partial charge in [0.2, 0.25) is 0 Å². The Morgan fingerprint density at radius 3 is 2.37 bits per heavy atom. The molecule has 2 heterocycles. The zero-order valence-corrected chi connectivity index (χ0v) is 14.4. The molecule has 0 saturated heterocycles. The molecular formula is C22H15FN4. The minimum absolute atomic E-state index is 0.287. The fourth-order valence-electron chi connectivity index (χ4n) is 3.10. The summed E-state index contributed by atoms with van der Waals surface area (Å²) >= 11 is 0. The highest BCUT2D eigenvalue weighted by molar-refractivity contribution is 5.95. The van der Waals surface area contributed by atoms with Gasteiger partial charge in [0.15, 0.2) is 0 Å². The van der Waals surface area contributed by atoms with E-state index in [-0.39, 0.29) is 5.82 Å². The SMILES string of the molecule is N#Cc1cc(-c2ccc(F)cc2)c2ccc(CCc3cncnc3)cc2n1. The molecular weight excluding hydrogens is 339 g/mol. The summed E-state index contributed by atoms with van der Waals surface area (Å²) in [5, 5.41) is 10.3. The maximum atomic E-state index is 13.3. The molecule has 0 aliphatic carbocycles. The molecule has 0 unspecified atom stereocenters. The lowest BCUT2D eigenvalue weighted by atomic mass is 9.97. The van der Waals surface area contributed by atoms with Crippen molar-refractivity contribution < 1.29 is 4.39 Å². The highest BCUT2D eigenvalue weighted by atomic mass is 19.1. The van der Waals surface area contributed by atoms with Crippen LogP contribution in [-0.2, 0) is 12.8 Å². The summed E-state index contributed by atoms with van der Waals surface area (Å²) < 4.78 is 13.3. The molecule has 5 heteroatoms. The van der Waals surface area contributed by atoms with Gasteiger partial charge in [-0.25, -0.2) is 19.3 Å². The molecule has 4 rings (SSSR count). The molecule has 0 N–H and O–H groups in total. The lowest BCUT2D eigenvalue weighted by molar-refractivity contribution is 0.628. The summed E-state index contributed by atoms with van der Waals surface area (Å²) in [7, 11) is 0. The van der Waals surface area contributed by atoms with Gasteiger partial charge in [0.05, 0.1) is 5.52 Å². The lowest BCUT2D eigenvalue weighted by Gasteiger charge is -2.09. The van der Waals surface area contributed by atoms with E-state index in [1.807, 2.05) is 24.5 Å². The van der Waals surface area contributed by atoms with Crippen molar-refractivity contribution in [2.75, 3.05) is 0 Å². The lowest BCUT2D eigenvalue weighted by Crippen LogP contribution is -1.95. The first-order chi connectivity index (χ1) is 13.2. The smallest absolute Gasteiger partial charge is 0.141 e. The Morgan fingerprint density at radius 1 is 0.889 bits per heavy atom. The second kappa shape index (κ2) is 7.30. The predicted molar refractivity (Wildman–Crippen MR) is 101 cm³/mol. The van der Waals surface area contributed by atoms with Crippen LogP contribution in [0.25, 0.3) is 22.0 Å². The number of nitrogens with zero attached hydrogens (tertiary/aromatic N) is 4. The van der Waals surface area contributed by atoms with E-state index in [1.165, 1.54) is 18.5 Å². The number of halogens is 1. The van der Waals surface area contributed by atoms with Gasteiger partial charge in [0.1, 0.15) is 23.9 Å². The number of benzene rings is 2. The molecule has 0 radical (unpaired) electrons. The van der Waals surface area contributed by atoms with Crippen LogP contribution in [0.3, 0.4) is 0 Å². The third-order valence-electron chi connectivity index (χ3n) is 4.46. The standard InChI is InChI=1S/C22H15FN4/c23-18-6-4-17(5-7-18)21-10-19(11-24)27-22-9-15(3-8-20(21)22)1-2-16-12-25-14-26-13-16/h3-10,12-14H,1-2H2. The van der Waals surface area contributed by atoms with E-state index in [1.54, 1.807) is 18.2 Å². The zero-order valence-electron chi connectivity index (χ0n) is 14.4. The molecule has 0 saturated carbocycles. The van der Waals surface area contributed by atoms with E-state index in [2.05, 4.69) is 27.1 Å². The van der Waals surface area contributed by atoms with E-state index in [0.29, 0.717) is 5.69 Å². The molecule has 0 amide bonds. The number of hydrogen-bond donors (Lipinski definition) is 0. The summed E-state index contributed by atoms with van der Waals surface area (Å²) in [5.41, 5.74) is 5.03. The highest BCUT2D eigenvalue weighted by Gasteiger charge is 2.09. The van der Waals surface area contributed by atoms with Crippen LogP contribution in [-0.4, -0.2) is 15.0 Å². The molecule has 0 fully saturated rings. The molecule has 0 spiro atoms. The number of hydrogen-bond acceptors (Lipinski definition) is 4. The average Bonchev–Trinajstić information content (AvgIpc) is 2.72. The summed E-state index contributed by atoms with van der Waals surface area (Å²) in [6, 6.07) is 16.2. The van der Waals surface area contributed by atoms with Gasteiger partial charge >= 0.3 is 0 Å². The maximum absolute atomic E-state index is 13.3.